The number of aromatic nitrogens is 2. The fraction of sp³-hybridized carbons (Fsp3) is 0.368. The molecule has 2 amide bonds. The van der Waals surface area contributed by atoms with Gasteiger partial charge < -0.3 is 20.7 Å². The number of rotatable bonds is 7. The van der Waals surface area contributed by atoms with Crippen LogP contribution in [0.5, 0.6) is 0 Å². The molecule has 0 unspecified atom stereocenters. The average Bonchev–Trinajstić information content (AvgIpc) is 2.69. The molecule has 0 radical (unpaired) electrons. The van der Waals surface area contributed by atoms with Crippen LogP contribution < -0.4 is 16.0 Å². The van der Waals surface area contributed by atoms with Gasteiger partial charge in [0.1, 0.15) is 17.8 Å². The van der Waals surface area contributed by atoms with Crippen LogP contribution in [0, 0.1) is 0 Å². The topological polar surface area (TPSA) is 108 Å². The zero-order valence-corrected chi connectivity index (χ0v) is 15.8. The van der Waals surface area contributed by atoms with Crippen molar-refractivity contribution in [1.29, 1.82) is 0 Å². The quantitative estimate of drug-likeness (QED) is 0.663. The Bertz CT molecular complexity index is 823. The molecule has 28 heavy (non-hydrogen) atoms. The van der Waals surface area contributed by atoms with Crippen LogP contribution in [0.4, 0.5) is 17.2 Å². The van der Waals surface area contributed by atoms with Gasteiger partial charge in [0.15, 0.2) is 0 Å². The van der Waals surface area contributed by atoms with Crippen molar-refractivity contribution in [3.8, 4) is 0 Å². The standard InChI is InChI=1S/C19H24N6O3/c1-14(26)23-15-3-2-4-16(11-15)24-19(27)17-12-18(22-13-21-17)20-5-6-25-7-9-28-10-8-25/h2-4,11-13H,5-10H2,1H3,(H,23,26)(H,24,27)(H,20,21,22). The third kappa shape index (κ3) is 6.00. The number of anilines is 3. The summed E-state index contributed by atoms with van der Waals surface area (Å²) in [6, 6.07) is 8.54. The van der Waals surface area contributed by atoms with E-state index >= 15 is 0 Å². The predicted octanol–water partition coefficient (Wildman–Crippen LogP) is 1.43. The summed E-state index contributed by atoms with van der Waals surface area (Å²) in [6.07, 6.45) is 1.36. The first-order chi connectivity index (χ1) is 13.6. The molecule has 3 rings (SSSR count). The lowest BCUT2D eigenvalue weighted by atomic mass is 10.2. The summed E-state index contributed by atoms with van der Waals surface area (Å²) < 4.78 is 5.33. The first-order valence-electron chi connectivity index (χ1n) is 9.15. The highest BCUT2D eigenvalue weighted by molar-refractivity contribution is 6.03. The molecule has 9 heteroatoms. The van der Waals surface area contributed by atoms with Gasteiger partial charge in [0.2, 0.25) is 5.91 Å². The van der Waals surface area contributed by atoms with Crippen molar-refractivity contribution in [1.82, 2.24) is 14.9 Å². The van der Waals surface area contributed by atoms with E-state index in [9.17, 15) is 9.59 Å². The summed E-state index contributed by atoms with van der Waals surface area (Å²) in [5, 5.41) is 8.68. The highest BCUT2D eigenvalue weighted by Crippen LogP contribution is 2.16. The Morgan fingerprint density at radius 3 is 2.61 bits per heavy atom. The Balaban J connectivity index is 1.55. The molecule has 0 spiro atoms. The maximum Gasteiger partial charge on any atom is 0.274 e. The fourth-order valence-corrected chi connectivity index (χ4v) is 2.82. The van der Waals surface area contributed by atoms with Crippen molar-refractivity contribution in [3.63, 3.8) is 0 Å². The number of nitrogens with zero attached hydrogens (tertiary/aromatic N) is 3. The SMILES string of the molecule is CC(=O)Nc1cccc(NC(=O)c2cc(NCCN3CCOCC3)ncn2)c1. The maximum atomic E-state index is 12.5. The summed E-state index contributed by atoms with van der Waals surface area (Å²) >= 11 is 0. The highest BCUT2D eigenvalue weighted by Gasteiger charge is 2.11. The zero-order valence-electron chi connectivity index (χ0n) is 15.8. The lowest BCUT2D eigenvalue weighted by Gasteiger charge is -2.26. The minimum absolute atomic E-state index is 0.174. The van der Waals surface area contributed by atoms with E-state index in [0.29, 0.717) is 17.2 Å². The number of nitrogens with one attached hydrogen (secondary N) is 3. The van der Waals surface area contributed by atoms with Crippen LogP contribution in [-0.4, -0.2) is 66.1 Å². The van der Waals surface area contributed by atoms with Gasteiger partial charge in [-0.25, -0.2) is 9.97 Å². The molecule has 2 aromatic rings. The number of amides is 2. The van der Waals surface area contributed by atoms with Crippen molar-refractivity contribution in [2.45, 2.75) is 6.92 Å². The van der Waals surface area contributed by atoms with Crippen molar-refractivity contribution >= 4 is 29.0 Å². The van der Waals surface area contributed by atoms with Gasteiger partial charge in [-0.1, -0.05) is 6.07 Å². The molecule has 1 fully saturated rings. The molecule has 9 nitrogen and oxygen atoms in total. The van der Waals surface area contributed by atoms with Gasteiger partial charge >= 0.3 is 0 Å². The van der Waals surface area contributed by atoms with E-state index in [1.165, 1.54) is 13.3 Å². The number of carbonyl (C=O) groups excluding carboxylic acids is 2. The summed E-state index contributed by atoms with van der Waals surface area (Å²) in [4.78, 5) is 34.2. The first kappa shape index (κ1) is 19.7. The third-order valence-electron chi connectivity index (χ3n) is 4.18. The van der Waals surface area contributed by atoms with Crippen LogP contribution in [0.25, 0.3) is 0 Å². The third-order valence-corrected chi connectivity index (χ3v) is 4.18. The molecule has 0 aliphatic carbocycles. The second-order valence-corrected chi connectivity index (χ2v) is 6.39. The normalized spacial score (nSPS) is 14.3. The van der Waals surface area contributed by atoms with Gasteiger partial charge in [-0.2, -0.15) is 0 Å². The molecule has 0 bridgehead atoms. The number of ether oxygens (including phenoxy) is 1. The van der Waals surface area contributed by atoms with Gasteiger partial charge in [0, 0.05) is 50.5 Å². The maximum absolute atomic E-state index is 12.5. The summed E-state index contributed by atoms with van der Waals surface area (Å²) in [5.41, 5.74) is 1.43. The van der Waals surface area contributed by atoms with Gasteiger partial charge in [-0.05, 0) is 18.2 Å². The summed E-state index contributed by atoms with van der Waals surface area (Å²) in [6.45, 7) is 6.41. The molecule has 0 atom stereocenters. The highest BCUT2D eigenvalue weighted by atomic mass is 16.5. The Hall–Kier alpha value is -3.04. The molecule has 1 saturated heterocycles. The van der Waals surface area contributed by atoms with Gasteiger partial charge in [-0.3, -0.25) is 14.5 Å². The first-order valence-corrected chi connectivity index (χ1v) is 9.15. The Labute approximate surface area is 163 Å². The van der Waals surface area contributed by atoms with Crippen LogP contribution >= 0.6 is 0 Å². The van der Waals surface area contributed by atoms with E-state index < -0.39 is 0 Å². The fourth-order valence-electron chi connectivity index (χ4n) is 2.82. The molecule has 0 saturated carbocycles. The lowest BCUT2D eigenvalue weighted by Crippen LogP contribution is -2.39. The smallest absolute Gasteiger partial charge is 0.274 e. The number of hydrogen-bond acceptors (Lipinski definition) is 7. The molecule has 1 aromatic carbocycles. The monoisotopic (exact) mass is 384 g/mol. The molecule has 2 heterocycles. The minimum atomic E-state index is -0.349. The van der Waals surface area contributed by atoms with E-state index in [1.807, 2.05) is 0 Å². The molecule has 148 valence electrons. The molecular weight excluding hydrogens is 360 g/mol. The molecular formula is C19H24N6O3. The number of morpholine rings is 1. The van der Waals surface area contributed by atoms with Crippen molar-refractivity contribution in [2.24, 2.45) is 0 Å². The van der Waals surface area contributed by atoms with Crippen LogP contribution in [-0.2, 0) is 9.53 Å². The zero-order chi connectivity index (χ0) is 19.8. The van der Waals surface area contributed by atoms with Gasteiger partial charge in [-0.15, -0.1) is 0 Å². The van der Waals surface area contributed by atoms with Crippen molar-refractivity contribution in [3.05, 3.63) is 42.4 Å². The minimum Gasteiger partial charge on any atom is -0.379 e. The summed E-state index contributed by atoms with van der Waals surface area (Å²) in [5.74, 6) is 0.0751. The Morgan fingerprint density at radius 2 is 1.86 bits per heavy atom. The molecule has 3 N–H and O–H groups in total. The van der Waals surface area contributed by atoms with E-state index in [4.69, 9.17) is 4.74 Å². The largest absolute Gasteiger partial charge is 0.379 e. The second-order valence-electron chi connectivity index (χ2n) is 6.39. The summed E-state index contributed by atoms with van der Waals surface area (Å²) in [7, 11) is 0. The van der Waals surface area contributed by atoms with E-state index in [1.54, 1.807) is 30.3 Å². The van der Waals surface area contributed by atoms with Crippen molar-refractivity contribution < 1.29 is 14.3 Å². The van der Waals surface area contributed by atoms with Crippen LogP contribution in [0.1, 0.15) is 17.4 Å². The Morgan fingerprint density at radius 1 is 1.11 bits per heavy atom. The predicted molar refractivity (Wildman–Crippen MR) is 106 cm³/mol. The lowest BCUT2D eigenvalue weighted by molar-refractivity contribution is -0.114. The average molecular weight is 384 g/mol. The van der Waals surface area contributed by atoms with E-state index in [0.717, 1.165) is 39.4 Å². The number of hydrogen-bond donors (Lipinski definition) is 3. The molecule has 1 aliphatic rings. The van der Waals surface area contributed by atoms with Crippen LogP contribution in [0.2, 0.25) is 0 Å². The Kier molecular flexibility index (Phi) is 6.88. The van der Waals surface area contributed by atoms with Crippen molar-refractivity contribution in [2.75, 3.05) is 55.3 Å². The molecule has 1 aliphatic heterocycles. The van der Waals surface area contributed by atoms with Crippen LogP contribution in [0.3, 0.4) is 0 Å². The van der Waals surface area contributed by atoms with E-state index in [-0.39, 0.29) is 17.5 Å². The number of carbonyl (C=O) groups is 2. The van der Waals surface area contributed by atoms with Crippen LogP contribution in [0.15, 0.2) is 36.7 Å². The van der Waals surface area contributed by atoms with Gasteiger partial charge in [0.05, 0.1) is 13.2 Å². The number of benzene rings is 1. The molecule has 1 aromatic heterocycles. The van der Waals surface area contributed by atoms with Gasteiger partial charge in [0.25, 0.3) is 5.91 Å². The second kappa shape index (κ2) is 9.77. The van der Waals surface area contributed by atoms with E-state index in [2.05, 4.69) is 30.8 Å².